The van der Waals surface area contributed by atoms with E-state index in [1.807, 2.05) is 6.08 Å². The second kappa shape index (κ2) is 10.0. The van der Waals surface area contributed by atoms with E-state index in [1.165, 1.54) is 0 Å². The average molecular weight is 387 g/mol. The summed E-state index contributed by atoms with van der Waals surface area (Å²) in [6.07, 6.45) is 7.55. The molecule has 1 saturated heterocycles. The zero-order valence-electron chi connectivity index (χ0n) is 17.3. The highest BCUT2D eigenvalue weighted by Gasteiger charge is 2.42. The monoisotopic (exact) mass is 386 g/mol. The molecule has 1 aliphatic rings. The van der Waals surface area contributed by atoms with E-state index in [1.54, 1.807) is 6.92 Å². The summed E-state index contributed by atoms with van der Waals surface area (Å²) in [6, 6.07) is 0. The maximum Gasteiger partial charge on any atom is 0.306 e. The number of unbranched alkanes of at least 4 members (excludes halogenated alkanes) is 1. The lowest BCUT2D eigenvalue weighted by molar-refractivity contribution is -0.148. The van der Waals surface area contributed by atoms with Gasteiger partial charge >= 0.3 is 5.97 Å². The molecular weight excluding hydrogens is 348 g/mol. The molecule has 0 amide bonds. The summed E-state index contributed by atoms with van der Waals surface area (Å²) in [7, 11) is -1.97. The molecule has 1 rings (SSSR count). The third-order valence-electron chi connectivity index (χ3n) is 5.47. The summed E-state index contributed by atoms with van der Waals surface area (Å²) in [5, 5.41) is 18.6. The number of aliphatic hydroxyl groups is 1. The molecule has 0 radical (unpaired) electrons. The second-order valence-electron chi connectivity index (χ2n) is 9.01. The smallest absolute Gasteiger partial charge is 0.306 e. The van der Waals surface area contributed by atoms with E-state index in [0.717, 1.165) is 32.1 Å². The van der Waals surface area contributed by atoms with E-state index < -0.39 is 20.4 Å². The van der Waals surface area contributed by atoms with Gasteiger partial charge in [0, 0.05) is 0 Å². The van der Waals surface area contributed by atoms with Crippen LogP contribution in [0.3, 0.4) is 0 Å². The number of hydrogen-bond donors (Lipinski definition) is 2. The molecule has 5 nitrogen and oxygen atoms in total. The van der Waals surface area contributed by atoms with Gasteiger partial charge in [0.2, 0.25) is 0 Å². The van der Waals surface area contributed by atoms with Gasteiger partial charge in [-0.3, -0.25) is 4.79 Å². The predicted molar refractivity (Wildman–Crippen MR) is 107 cm³/mol. The number of carboxylic acid groups (broad SMARTS) is 1. The van der Waals surface area contributed by atoms with Crippen molar-refractivity contribution < 1.29 is 24.2 Å². The number of rotatable bonds is 9. The van der Waals surface area contributed by atoms with Gasteiger partial charge in [-0.05, 0) is 57.2 Å². The van der Waals surface area contributed by atoms with Crippen LogP contribution in [0.25, 0.3) is 0 Å². The number of carboxylic acids is 1. The third-order valence-corrected chi connectivity index (χ3v) is 9.98. The highest BCUT2D eigenvalue weighted by atomic mass is 28.4. The lowest BCUT2D eigenvalue weighted by Crippen LogP contribution is -2.50. The lowest BCUT2D eigenvalue weighted by Gasteiger charge is -2.43. The van der Waals surface area contributed by atoms with E-state index in [4.69, 9.17) is 9.16 Å². The molecule has 0 aromatic rings. The molecule has 26 heavy (non-hydrogen) atoms. The minimum absolute atomic E-state index is 0.0222. The molecule has 1 aliphatic heterocycles. The summed E-state index contributed by atoms with van der Waals surface area (Å²) in [6.45, 7) is 12.8. The normalized spacial score (nSPS) is 26.2. The lowest BCUT2D eigenvalue weighted by atomic mass is 9.98. The number of aliphatic carboxylic acids is 1. The van der Waals surface area contributed by atoms with E-state index in [0.29, 0.717) is 0 Å². The molecule has 2 N–H and O–H groups in total. The van der Waals surface area contributed by atoms with Gasteiger partial charge in [-0.2, -0.15) is 0 Å². The Balaban J connectivity index is 2.65. The molecule has 152 valence electrons. The molecule has 0 saturated carbocycles. The molecule has 1 fully saturated rings. The predicted octanol–water partition coefficient (Wildman–Crippen LogP) is 4.51. The van der Waals surface area contributed by atoms with Crippen molar-refractivity contribution in [3.63, 3.8) is 0 Å². The maximum absolute atomic E-state index is 11.3. The second-order valence-corrected chi connectivity index (χ2v) is 13.8. The molecule has 1 heterocycles. The number of ether oxygens (including phenoxy) is 1. The molecule has 0 aromatic carbocycles. The Morgan fingerprint density at radius 2 is 2.00 bits per heavy atom. The summed E-state index contributed by atoms with van der Waals surface area (Å²) in [4.78, 5) is 11.3. The minimum Gasteiger partial charge on any atom is -0.481 e. The Morgan fingerprint density at radius 1 is 1.35 bits per heavy atom. The Bertz CT molecular complexity index is 467. The van der Waals surface area contributed by atoms with Crippen LogP contribution in [0.2, 0.25) is 18.1 Å². The van der Waals surface area contributed by atoms with Gasteiger partial charge < -0.3 is 19.4 Å². The van der Waals surface area contributed by atoms with Gasteiger partial charge in [0.15, 0.2) is 8.32 Å². The van der Waals surface area contributed by atoms with E-state index >= 15 is 0 Å². The Morgan fingerprint density at radius 3 is 2.54 bits per heavy atom. The van der Waals surface area contributed by atoms with Gasteiger partial charge in [-0.1, -0.05) is 32.9 Å². The number of aliphatic hydroxyl groups excluding tert-OH is 1. The number of allylic oxidation sites excluding steroid dienone is 1. The van der Waals surface area contributed by atoms with Crippen molar-refractivity contribution in [2.24, 2.45) is 0 Å². The van der Waals surface area contributed by atoms with E-state index in [-0.39, 0.29) is 29.8 Å². The Kier molecular flexibility index (Phi) is 8.99. The van der Waals surface area contributed by atoms with Gasteiger partial charge in [0.1, 0.15) is 0 Å². The van der Waals surface area contributed by atoms with Crippen LogP contribution >= 0.6 is 0 Å². The van der Waals surface area contributed by atoms with Gasteiger partial charge in [-0.25, -0.2) is 0 Å². The molecule has 0 bridgehead atoms. The summed E-state index contributed by atoms with van der Waals surface area (Å²) in [5.74, 6) is -0.847. The highest BCUT2D eigenvalue weighted by Crippen LogP contribution is 2.39. The fourth-order valence-corrected chi connectivity index (χ4v) is 4.24. The summed E-state index contributed by atoms with van der Waals surface area (Å²) >= 11 is 0. The first-order chi connectivity index (χ1) is 11.9. The zero-order valence-corrected chi connectivity index (χ0v) is 18.3. The maximum atomic E-state index is 11.3. The van der Waals surface area contributed by atoms with E-state index in [2.05, 4.69) is 39.9 Å². The fraction of sp³-hybridized carbons (Fsp3) is 0.850. The molecule has 0 aromatic heterocycles. The zero-order chi connectivity index (χ0) is 20.0. The highest BCUT2D eigenvalue weighted by molar-refractivity contribution is 6.74. The first kappa shape index (κ1) is 23.3. The summed E-state index contributed by atoms with van der Waals surface area (Å²) < 4.78 is 12.5. The van der Waals surface area contributed by atoms with E-state index in [9.17, 15) is 15.0 Å². The van der Waals surface area contributed by atoms with Crippen LogP contribution in [0.4, 0.5) is 0 Å². The topological polar surface area (TPSA) is 76.0 Å². The standard InChI is InChI=1S/C20H38O5Si/c1-15(21)10-8-7-9-11-16-12-13-17(18(24-16)14-19(22)23)25-26(5,6)20(2,3)4/h9,11,15-18,21H,7-8,10,12-14H2,1-6H3,(H,22,23)/b11-9+/t15-,16-,17+,18-/m1/s1. The van der Waals surface area contributed by atoms with Crippen LogP contribution in [0, 0.1) is 0 Å². The van der Waals surface area contributed by atoms with Crippen LogP contribution in [0.5, 0.6) is 0 Å². The average Bonchev–Trinajstić information content (AvgIpc) is 2.47. The first-order valence-electron chi connectivity index (χ1n) is 9.82. The molecule has 0 unspecified atom stereocenters. The Hall–Kier alpha value is -0.693. The van der Waals surface area contributed by atoms with Crippen molar-refractivity contribution >= 4 is 14.3 Å². The van der Waals surface area contributed by atoms with Gasteiger partial charge in [0.25, 0.3) is 0 Å². The SMILES string of the molecule is C[C@@H](O)CCC/C=C/[C@@H]1CC[C@H](O[Si](C)(C)C(C)(C)C)[C@@H](CC(=O)O)O1. The molecular formula is C20H38O5Si. The Labute approximate surface area is 159 Å². The van der Waals surface area contributed by atoms with Crippen molar-refractivity contribution in [2.45, 2.75) is 109 Å². The fourth-order valence-electron chi connectivity index (χ4n) is 2.86. The number of carbonyl (C=O) groups is 1. The molecule has 0 spiro atoms. The largest absolute Gasteiger partial charge is 0.481 e. The van der Waals surface area contributed by atoms with Crippen LogP contribution in [-0.2, 0) is 14.0 Å². The molecule has 6 heteroatoms. The number of hydrogen-bond acceptors (Lipinski definition) is 4. The van der Waals surface area contributed by atoms with Crippen molar-refractivity contribution in [1.29, 1.82) is 0 Å². The molecule has 4 atom stereocenters. The van der Waals surface area contributed by atoms with Crippen molar-refractivity contribution in [3.05, 3.63) is 12.2 Å². The van der Waals surface area contributed by atoms with Crippen LogP contribution in [0.1, 0.15) is 66.2 Å². The first-order valence-corrected chi connectivity index (χ1v) is 12.7. The van der Waals surface area contributed by atoms with Crippen molar-refractivity contribution in [1.82, 2.24) is 0 Å². The third kappa shape index (κ3) is 7.90. The van der Waals surface area contributed by atoms with Gasteiger partial charge in [-0.15, -0.1) is 0 Å². The van der Waals surface area contributed by atoms with Crippen LogP contribution < -0.4 is 0 Å². The van der Waals surface area contributed by atoms with Crippen molar-refractivity contribution in [2.75, 3.05) is 0 Å². The van der Waals surface area contributed by atoms with Crippen LogP contribution in [0.15, 0.2) is 12.2 Å². The van der Waals surface area contributed by atoms with Crippen LogP contribution in [-0.4, -0.2) is 48.9 Å². The molecule has 0 aliphatic carbocycles. The van der Waals surface area contributed by atoms with Crippen molar-refractivity contribution in [3.8, 4) is 0 Å². The quantitative estimate of drug-likeness (QED) is 0.346. The minimum atomic E-state index is -1.97. The summed E-state index contributed by atoms with van der Waals surface area (Å²) in [5.41, 5.74) is 0. The van der Waals surface area contributed by atoms with Gasteiger partial charge in [0.05, 0.1) is 30.8 Å².